The average Bonchev–Trinajstić information content (AvgIpc) is 3.13. The predicted octanol–water partition coefficient (Wildman–Crippen LogP) is 1.70. The monoisotopic (exact) mass is 459 g/mol. The number of hydrogen-bond acceptors (Lipinski definition) is 7. The molecule has 1 unspecified atom stereocenters. The van der Waals surface area contributed by atoms with Crippen LogP contribution in [0.15, 0.2) is 11.6 Å². The summed E-state index contributed by atoms with van der Waals surface area (Å²) in [6.07, 6.45) is -1.20. The number of thiazole rings is 1. The van der Waals surface area contributed by atoms with Crippen LogP contribution in [0.2, 0.25) is 0 Å². The lowest BCUT2D eigenvalue weighted by atomic mass is 9.83. The fraction of sp³-hybridized carbons (Fsp3) is 0.750. The van der Waals surface area contributed by atoms with Crippen molar-refractivity contribution in [3.63, 3.8) is 0 Å². The number of aliphatic carboxylic acids is 1. The fourth-order valence-electron chi connectivity index (χ4n) is 3.08. The first-order valence-electron chi connectivity index (χ1n) is 8.97. The van der Waals surface area contributed by atoms with Gasteiger partial charge in [0.2, 0.25) is 10.0 Å². The molecule has 1 aromatic heterocycles. The molecule has 3 heterocycles. The van der Waals surface area contributed by atoms with Gasteiger partial charge in [-0.1, -0.05) is 0 Å². The summed E-state index contributed by atoms with van der Waals surface area (Å²) in [5.41, 5.74) is -0.00259. The van der Waals surface area contributed by atoms with Gasteiger partial charge in [0.15, 0.2) is 0 Å². The number of ether oxygens (including phenoxy) is 1. The van der Waals surface area contributed by atoms with Gasteiger partial charge < -0.3 is 9.84 Å². The molecule has 0 aromatic carbocycles. The van der Waals surface area contributed by atoms with Crippen LogP contribution in [0.3, 0.4) is 0 Å². The zero-order chi connectivity index (χ0) is 21.7. The first-order valence-corrected chi connectivity index (χ1v) is 11.5. The van der Waals surface area contributed by atoms with Crippen LogP contribution in [0, 0.1) is 5.92 Å². The van der Waals surface area contributed by atoms with E-state index >= 15 is 0 Å². The normalized spacial score (nSPS) is 21.9. The number of carbonyl (C=O) groups is 1. The first kappa shape index (κ1) is 24.0. The van der Waals surface area contributed by atoms with Gasteiger partial charge >= 0.3 is 12.1 Å². The third-order valence-corrected chi connectivity index (χ3v) is 6.84. The Morgan fingerprint density at radius 1 is 1.48 bits per heavy atom. The summed E-state index contributed by atoms with van der Waals surface area (Å²) in [5, 5.41) is 10.3. The highest BCUT2D eigenvalue weighted by atomic mass is 32.2. The van der Waals surface area contributed by atoms with Crippen molar-refractivity contribution >= 4 is 27.3 Å². The summed E-state index contributed by atoms with van der Waals surface area (Å²) in [7, 11) is -3.10. The number of hydrogen-bond donors (Lipinski definition) is 2. The van der Waals surface area contributed by atoms with E-state index in [9.17, 15) is 21.6 Å². The molecule has 8 nitrogen and oxygen atoms in total. The number of nitrogens with one attached hydrogen (secondary N) is 1. The van der Waals surface area contributed by atoms with E-state index in [1.807, 2.05) is 11.6 Å². The van der Waals surface area contributed by atoms with Crippen molar-refractivity contribution in [1.29, 1.82) is 0 Å². The molecule has 1 atom stereocenters. The lowest BCUT2D eigenvalue weighted by Gasteiger charge is -2.52. The predicted molar refractivity (Wildman–Crippen MR) is 100.0 cm³/mol. The molecule has 0 saturated carbocycles. The van der Waals surface area contributed by atoms with Gasteiger partial charge in [-0.25, -0.2) is 22.9 Å². The Balaban J connectivity index is 0.000000370. The largest absolute Gasteiger partial charge is 0.490 e. The first-order chi connectivity index (χ1) is 13.4. The molecule has 1 spiro atoms. The highest BCUT2D eigenvalue weighted by molar-refractivity contribution is 7.89. The number of alkyl halides is 3. The highest BCUT2D eigenvalue weighted by Crippen LogP contribution is 2.36. The average molecular weight is 460 g/mol. The van der Waals surface area contributed by atoms with Crippen molar-refractivity contribution in [2.45, 2.75) is 38.1 Å². The van der Waals surface area contributed by atoms with Crippen LogP contribution < -0.4 is 4.72 Å². The zero-order valence-corrected chi connectivity index (χ0v) is 17.4. The maximum absolute atomic E-state index is 11.5. The molecule has 166 valence electrons. The molecule has 13 heteroatoms. The Bertz CT molecular complexity index is 755. The number of sulfonamides is 1. The molecule has 2 saturated heterocycles. The van der Waals surface area contributed by atoms with E-state index in [4.69, 9.17) is 14.6 Å². The Morgan fingerprint density at radius 3 is 2.59 bits per heavy atom. The lowest BCUT2D eigenvalue weighted by Crippen LogP contribution is -2.64. The Hall–Kier alpha value is -1.28. The maximum Gasteiger partial charge on any atom is 0.490 e. The number of likely N-dealkylation sites (tertiary alicyclic amines) is 1. The van der Waals surface area contributed by atoms with Crippen LogP contribution in [0.1, 0.15) is 24.8 Å². The zero-order valence-electron chi connectivity index (χ0n) is 15.8. The van der Waals surface area contributed by atoms with Crippen LogP contribution in [-0.4, -0.2) is 73.1 Å². The number of carboxylic acids is 1. The number of halogens is 3. The van der Waals surface area contributed by atoms with Gasteiger partial charge in [-0.3, -0.25) is 4.90 Å². The minimum atomic E-state index is -5.08. The summed E-state index contributed by atoms with van der Waals surface area (Å²) in [6.45, 7) is 5.62. The second-order valence-corrected chi connectivity index (χ2v) is 10.1. The molecule has 0 aliphatic carbocycles. The van der Waals surface area contributed by atoms with E-state index in [1.54, 1.807) is 18.3 Å². The molecule has 2 aliphatic rings. The molecule has 1 aromatic rings. The molecule has 0 amide bonds. The molecule has 2 aliphatic heterocycles. The van der Waals surface area contributed by atoms with E-state index in [0.29, 0.717) is 19.1 Å². The number of rotatable bonds is 6. The summed E-state index contributed by atoms with van der Waals surface area (Å²) >= 11 is 1.69. The topological polar surface area (TPSA) is 109 Å². The third kappa shape index (κ3) is 7.48. The SMILES string of the molecule is CCS(=O)(=O)NCC1CCC2(CN(Cc3nccs3)C2)OC1.O=C(O)C(F)(F)F. The van der Waals surface area contributed by atoms with Crippen LogP contribution in [0.5, 0.6) is 0 Å². The van der Waals surface area contributed by atoms with Crippen molar-refractivity contribution in [3.05, 3.63) is 16.6 Å². The van der Waals surface area contributed by atoms with Gasteiger partial charge in [0.05, 0.1) is 24.5 Å². The lowest BCUT2D eigenvalue weighted by molar-refractivity contribution is -0.192. The van der Waals surface area contributed by atoms with Crippen LogP contribution in [0.25, 0.3) is 0 Å². The van der Waals surface area contributed by atoms with Crippen LogP contribution in [-0.2, 0) is 26.1 Å². The molecular formula is C16H24F3N3O5S2. The Kier molecular flexibility index (Phi) is 8.01. The second kappa shape index (κ2) is 9.69. The van der Waals surface area contributed by atoms with Gasteiger partial charge in [0.1, 0.15) is 5.01 Å². The fourth-order valence-corrected chi connectivity index (χ4v) is 4.43. The minimum Gasteiger partial charge on any atom is -0.475 e. The van der Waals surface area contributed by atoms with Gasteiger partial charge in [0, 0.05) is 31.2 Å². The van der Waals surface area contributed by atoms with E-state index < -0.39 is 22.2 Å². The van der Waals surface area contributed by atoms with E-state index in [1.165, 1.54) is 0 Å². The molecule has 0 bridgehead atoms. The molecule has 0 radical (unpaired) electrons. The summed E-state index contributed by atoms with van der Waals surface area (Å²) in [4.78, 5) is 15.6. The van der Waals surface area contributed by atoms with Gasteiger partial charge in [0.25, 0.3) is 0 Å². The number of aromatic nitrogens is 1. The minimum absolute atomic E-state index is 0.00259. The summed E-state index contributed by atoms with van der Waals surface area (Å²) < 4.78 is 63.4. The van der Waals surface area contributed by atoms with Crippen molar-refractivity contribution in [2.75, 3.05) is 32.0 Å². The van der Waals surface area contributed by atoms with Crippen molar-refractivity contribution in [1.82, 2.24) is 14.6 Å². The third-order valence-electron chi connectivity index (χ3n) is 4.71. The number of carboxylic acid groups (broad SMARTS) is 1. The standard InChI is InChI=1S/C14H23N3O3S2.C2HF3O2/c1-2-22(18,19)16-7-12-3-4-14(20-9-12)10-17(11-14)8-13-15-5-6-21-13;3-2(4,5)1(6)7/h5-6,12,16H,2-4,7-11H2,1H3;(H,6,7). The molecule has 3 rings (SSSR count). The van der Waals surface area contributed by atoms with Crippen molar-refractivity contribution in [2.24, 2.45) is 5.92 Å². The van der Waals surface area contributed by atoms with Gasteiger partial charge in [-0.2, -0.15) is 13.2 Å². The summed E-state index contributed by atoms with van der Waals surface area (Å²) in [5.74, 6) is -2.33. The van der Waals surface area contributed by atoms with Crippen LogP contribution >= 0.6 is 11.3 Å². The summed E-state index contributed by atoms with van der Waals surface area (Å²) in [6, 6.07) is 0. The molecule has 29 heavy (non-hydrogen) atoms. The van der Waals surface area contributed by atoms with E-state index in [-0.39, 0.29) is 11.4 Å². The van der Waals surface area contributed by atoms with Gasteiger partial charge in [-0.15, -0.1) is 11.3 Å². The van der Waals surface area contributed by atoms with Crippen molar-refractivity contribution < 1.29 is 36.2 Å². The Morgan fingerprint density at radius 2 is 2.14 bits per heavy atom. The highest BCUT2D eigenvalue weighted by Gasteiger charge is 2.46. The van der Waals surface area contributed by atoms with Gasteiger partial charge in [-0.05, 0) is 25.7 Å². The molecule has 2 N–H and O–H groups in total. The molecule has 2 fully saturated rings. The van der Waals surface area contributed by atoms with E-state index in [2.05, 4.69) is 14.6 Å². The molecular weight excluding hydrogens is 435 g/mol. The van der Waals surface area contributed by atoms with Crippen LogP contribution in [0.4, 0.5) is 13.2 Å². The number of nitrogens with zero attached hydrogens (tertiary/aromatic N) is 2. The Labute approximate surface area is 171 Å². The smallest absolute Gasteiger partial charge is 0.475 e. The quantitative estimate of drug-likeness (QED) is 0.666. The van der Waals surface area contributed by atoms with E-state index in [0.717, 1.165) is 37.5 Å². The van der Waals surface area contributed by atoms with Crippen molar-refractivity contribution in [3.8, 4) is 0 Å². The second-order valence-electron chi connectivity index (χ2n) is 7.02. The maximum atomic E-state index is 11.5.